The van der Waals surface area contributed by atoms with Crippen molar-refractivity contribution >= 4 is 21.9 Å². The molecule has 0 saturated carbocycles. The summed E-state index contributed by atoms with van der Waals surface area (Å²) in [5, 5.41) is 20.3. The van der Waals surface area contributed by atoms with E-state index in [1.165, 1.54) is 12.4 Å². The third kappa shape index (κ3) is 2.05. The molecule has 2 rings (SSSR count). The Balaban J connectivity index is 2.29. The van der Waals surface area contributed by atoms with Gasteiger partial charge in [0.1, 0.15) is 36.1 Å². The van der Waals surface area contributed by atoms with Gasteiger partial charge in [0.15, 0.2) is 6.23 Å². The molecule has 4 atom stereocenters. The molecule has 1 N–H and O–H groups in total. The zero-order valence-corrected chi connectivity index (χ0v) is 10.0. The number of alkyl halides is 2. The van der Waals surface area contributed by atoms with Gasteiger partial charge in [0.2, 0.25) is 0 Å². The fourth-order valence-corrected chi connectivity index (χ4v) is 2.42. The molecule has 1 fully saturated rings. The van der Waals surface area contributed by atoms with Gasteiger partial charge in [-0.15, -0.1) is 0 Å². The number of rotatable bonds is 3. The molecule has 1 aromatic rings. The van der Waals surface area contributed by atoms with Crippen molar-refractivity contribution in [1.82, 2.24) is 9.55 Å². The number of nitro groups is 1. The Morgan fingerprint density at radius 2 is 2.47 bits per heavy atom. The molecule has 94 valence electrons. The van der Waals surface area contributed by atoms with Gasteiger partial charge in [-0.3, -0.25) is 0 Å². The Hall–Kier alpha value is -1.06. The van der Waals surface area contributed by atoms with E-state index in [1.54, 1.807) is 0 Å². The molecule has 0 radical (unpaired) electrons. The minimum atomic E-state index is -1.06. The van der Waals surface area contributed by atoms with Crippen LogP contribution >= 0.6 is 15.9 Å². The fourth-order valence-electron chi connectivity index (χ4n) is 1.70. The minimum Gasteiger partial charge on any atom is -0.390 e. The van der Waals surface area contributed by atoms with Gasteiger partial charge in [-0.05, 0) is 4.92 Å². The molecular weight excluding hydrogens is 301 g/mol. The number of halogens is 2. The molecule has 1 aromatic heterocycles. The van der Waals surface area contributed by atoms with Crippen LogP contribution in [0.3, 0.4) is 0 Å². The standard InChI is InChI=1S/C8H9BrFN3O4/c9-5-6(14)4(3-10)17-7(5)12-2-1-11-8(12)13(15)16/h1-2,4-7,14H,3H2/t4-,5-,6-,7-/m1/s1. The van der Waals surface area contributed by atoms with Crippen LogP contribution in [0.25, 0.3) is 0 Å². The van der Waals surface area contributed by atoms with E-state index in [0.717, 1.165) is 4.57 Å². The Morgan fingerprint density at radius 3 is 3.00 bits per heavy atom. The second kappa shape index (κ2) is 4.67. The third-order valence-electron chi connectivity index (χ3n) is 2.53. The fraction of sp³-hybridized carbons (Fsp3) is 0.625. The summed E-state index contributed by atoms with van der Waals surface area (Å²) in [6.45, 7) is -0.859. The van der Waals surface area contributed by atoms with E-state index in [4.69, 9.17) is 4.74 Å². The molecule has 1 saturated heterocycles. The molecule has 0 spiro atoms. The van der Waals surface area contributed by atoms with E-state index in [9.17, 15) is 19.6 Å². The Morgan fingerprint density at radius 1 is 1.76 bits per heavy atom. The average Bonchev–Trinajstić information content (AvgIpc) is 2.86. The molecule has 17 heavy (non-hydrogen) atoms. The number of nitrogens with zero attached hydrogens (tertiary/aromatic N) is 3. The van der Waals surface area contributed by atoms with Crippen LogP contribution in [0.1, 0.15) is 6.23 Å². The van der Waals surface area contributed by atoms with Crippen molar-refractivity contribution in [1.29, 1.82) is 0 Å². The highest BCUT2D eigenvalue weighted by molar-refractivity contribution is 9.09. The first-order chi connectivity index (χ1) is 8.06. The number of hydrogen-bond donors (Lipinski definition) is 1. The zero-order valence-electron chi connectivity index (χ0n) is 8.44. The molecule has 1 aliphatic rings. The first-order valence-corrected chi connectivity index (χ1v) is 5.68. The smallest absolute Gasteiger partial charge is 0.390 e. The number of hydrogen-bond acceptors (Lipinski definition) is 5. The van der Waals surface area contributed by atoms with Gasteiger partial charge in [-0.25, -0.2) is 8.96 Å². The van der Waals surface area contributed by atoms with Gasteiger partial charge < -0.3 is 20.0 Å². The minimum absolute atomic E-state index is 0.411. The summed E-state index contributed by atoms with van der Waals surface area (Å²) >= 11 is 3.14. The van der Waals surface area contributed by atoms with Crippen molar-refractivity contribution in [3.05, 3.63) is 22.5 Å². The second-order valence-electron chi connectivity index (χ2n) is 3.55. The number of aliphatic hydroxyl groups excluding tert-OH is 1. The lowest BCUT2D eigenvalue weighted by Gasteiger charge is -2.12. The molecule has 0 amide bonds. The molecule has 2 heterocycles. The summed E-state index contributed by atoms with van der Waals surface area (Å²) in [4.78, 5) is 13.0. The number of ether oxygens (including phenoxy) is 1. The highest BCUT2D eigenvalue weighted by atomic mass is 79.9. The van der Waals surface area contributed by atoms with Crippen molar-refractivity contribution < 1.29 is 19.2 Å². The first-order valence-electron chi connectivity index (χ1n) is 4.77. The maximum absolute atomic E-state index is 12.5. The molecule has 9 heteroatoms. The van der Waals surface area contributed by atoms with E-state index < -0.39 is 40.8 Å². The van der Waals surface area contributed by atoms with Gasteiger partial charge in [0, 0.05) is 0 Å². The molecule has 0 bridgehead atoms. The second-order valence-corrected chi connectivity index (χ2v) is 4.60. The first kappa shape index (κ1) is 12.4. The van der Waals surface area contributed by atoms with Crippen LogP contribution in [0.5, 0.6) is 0 Å². The third-order valence-corrected chi connectivity index (χ3v) is 3.53. The van der Waals surface area contributed by atoms with E-state index in [2.05, 4.69) is 20.9 Å². The lowest BCUT2D eigenvalue weighted by Crippen LogP contribution is -2.28. The highest BCUT2D eigenvalue weighted by Gasteiger charge is 2.46. The maximum atomic E-state index is 12.5. The van der Waals surface area contributed by atoms with Crippen molar-refractivity contribution in [2.45, 2.75) is 23.3 Å². The number of aromatic nitrogens is 2. The summed E-state index contributed by atoms with van der Waals surface area (Å²) < 4.78 is 18.9. The van der Waals surface area contributed by atoms with Crippen LogP contribution in [-0.4, -0.2) is 43.3 Å². The van der Waals surface area contributed by atoms with Gasteiger partial charge in [-0.1, -0.05) is 20.9 Å². The SMILES string of the molecule is O=[N+]([O-])c1nccn1[C@@H]1O[C@H](CF)[C@@H](O)[C@H]1Br. The molecule has 0 aromatic carbocycles. The van der Waals surface area contributed by atoms with E-state index in [1.807, 2.05) is 0 Å². The molecule has 7 nitrogen and oxygen atoms in total. The van der Waals surface area contributed by atoms with Crippen LogP contribution in [0.2, 0.25) is 0 Å². The normalized spacial score (nSPS) is 32.9. The van der Waals surface area contributed by atoms with E-state index in [-0.39, 0.29) is 0 Å². The van der Waals surface area contributed by atoms with Crippen molar-refractivity contribution in [3.8, 4) is 0 Å². The maximum Gasteiger partial charge on any atom is 0.436 e. The quantitative estimate of drug-likeness (QED) is 0.506. The number of aliphatic hydroxyl groups is 1. The lowest BCUT2D eigenvalue weighted by atomic mass is 10.2. The Kier molecular flexibility index (Phi) is 3.40. The van der Waals surface area contributed by atoms with Gasteiger partial charge in [-0.2, -0.15) is 0 Å². The topological polar surface area (TPSA) is 90.4 Å². The van der Waals surface area contributed by atoms with Crippen LogP contribution < -0.4 is 0 Å². The van der Waals surface area contributed by atoms with Crippen LogP contribution in [0.4, 0.5) is 10.3 Å². The largest absolute Gasteiger partial charge is 0.436 e. The average molecular weight is 310 g/mol. The summed E-state index contributed by atoms with van der Waals surface area (Å²) in [5.41, 5.74) is 0. The van der Waals surface area contributed by atoms with Gasteiger partial charge >= 0.3 is 5.95 Å². The predicted molar refractivity (Wildman–Crippen MR) is 57.5 cm³/mol. The summed E-state index contributed by atoms with van der Waals surface area (Å²) in [5.74, 6) is -0.411. The van der Waals surface area contributed by atoms with E-state index in [0.29, 0.717) is 0 Å². The van der Waals surface area contributed by atoms with Crippen LogP contribution in [0.15, 0.2) is 12.4 Å². The van der Waals surface area contributed by atoms with Crippen LogP contribution in [0, 0.1) is 10.1 Å². The summed E-state index contributed by atoms with van der Waals surface area (Å²) in [7, 11) is 0. The predicted octanol–water partition coefficient (Wildman–Crippen LogP) is 0.783. The Labute approximate surface area is 103 Å². The summed E-state index contributed by atoms with van der Waals surface area (Å²) in [6, 6.07) is 0. The number of imidazole rings is 1. The van der Waals surface area contributed by atoms with Crippen LogP contribution in [-0.2, 0) is 4.74 Å². The zero-order chi connectivity index (χ0) is 12.6. The molecule has 1 aliphatic heterocycles. The molecular formula is C8H9BrFN3O4. The molecule has 0 unspecified atom stereocenters. The van der Waals surface area contributed by atoms with Gasteiger partial charge in [0.05, 0.1) is 0 Å². The van der Waals surface area contributed by atoms with Crippen molar-refractivity contribution in [2.24, 2.45) is 0 Å². The van der Waals surface area contributed by atoms with Gasteiger partial charge in [0.25, 0.3) is 0 Å². The van der Waals surface area contributed by atoms with E-state index >= 15 is 0 Å². The van der Waals surface area contributed by atoms with Crippen molar-refractivity contribution in [3.63, 3.8) is 0 Å². The lowest BCUT2D eigenvalue weighted by molar-refractivity contribution is -0.398. The summed E-state index contributed by atoms with van der Waals surface area (Å²) in [6.07, 6.45) is -0.312. The Bertz CT molecular complexity index is 429. The molecule has 0 aliphatic carbocycles. The van der Waals surface area contributed by atoms with Crippen molar-refractivity contribution in [2.75, 3.05) is 6.67 Å². The monoisotopic (exact) mass is 309 g/mol. The highest BCUT2D eigenvalue weighted by Crippen LogP contribution is 2.36.